The molecule has 0 amide bonds. The van der Waals surface area contributed by atoms with E-state index in [-0.39, 0.29) is 5.78 Å². The third-order valence-corrected chi connectivity index (χ3v) is 1.49. The van der Waals surface area contributed by atoms with E-state index in [4.69, 9.17) is 5.73 Å². The molecule has 0 unspecified atom stereocenters. The van der Waals surface area contributed by atoms with Gasteiger partial charge in [-0.2, -0.15) is 0 Å². The van der Waals surface area contributed by atoms with Crippen LogP contribution >= 0.6 is 0 Å². The molecule has 0 saturated carbocycles. The summed E-state index contributed by atoms with van der Waals surface area (Å²) in [6.07, 6.45) is 1.49. The van der Waals surface area contributed by atoms with Gasteiger partial charge in [-0.3, -0.25) is 4.79 Å². The predicted octanol–water partition coefficient (Wildman–Crippen LogP) is 0.582. The first-order chi connectivity index (χ1) is 3.72. The maximum absolute atomic E-state index is 10.6. The van der Waals surface area contributed by atoms with Crippen molar-refractivity contribution in [1.29, 1.82) is 0 Å². The minimum atomic E-state index is 0.113. The van der Waals surface area contributed by atoms with Crippen LogP contribution in [0.1, 0.15) is 19.8 Å². The Morgan fingerprint density at radius 3 is 2.25 bits per heavy atom. The highest BCUT2D eigenvalue weighted by atomic mass is 16.1. The molecule has 0 aromatic heterocycles. The summed E-state index contributed by atoms with van der Waals surface area (Å²) in [6.45, 7) is 1.90. The fraction of sp³-hybridized carbons (Fsp3) is 0.500. The molecule has 2 N–H and O–H groups in total. The maximum atomic E-state index is 10.6. The van der Waals surface area contributed by atoms with E-state index in [1.165, 1.54) is 0 Å². The summed E-state index contributed by atoms with van der Waals surface area (Å²) < 4.78 is 0. The van der Waals surface area contributed by atoms with E-state index >= 15 is 0 Å². The van der Waals surface area contributed by atoms with Gasteiger partial charge in [0.2, 0.25) is 0 Å². The summed E-state index contributed by atoms with van der Waals surface area (Å²) in [6, 6.07) is 0. The molecule has 1 rings (SSSR count). The van der Waals surface area contributed by atoms with Crippen LogP contribution in [0.5, 0.6) is 0 Å². The molecular weight excluding hydrogens is 102 g/mol. The lowest BCUT2D eigenvalue weighted by atomic mass is 10.3. The van der Waals surface area contributed by atoms with Crippen LogP contribution in [0, 0.1) is 0 Å². The lowest BCUT2D eigenvalue weighted by Crippen LogP contribution is -2.05. The van der Waals surface area contributed by atoms with Crippen molar-refractivity contribution in [3.8, 4) is 0 Å². The van der Waals surface area contributed by atoms with Crippen LogP contribution in [0.3, 0.4) is 0 Å². The first-order valence-electron chi connectivity index (χ1n) is 2.70. The number of ketones is 1. The molecule has 0 spiro atoms. The summed E-state index contributed by atoms with van der Waals surface area (Å²) >= 11 is 0. The monoisotopic (exact) mass is 111 g/mol. The van der Waals surface area contributed by atoms with Crippen molar-refractivity contribution >= 4 is 5.78 Å². The van der Waals surface area contributed by atoms with Crippen molar-refractivity contribution in [2.75, 3.05) is 0 Å². The maximum Gasteiger partial charge on any atom is 0.178 e. The lowest BCUT2D eigenvalue weighted by molar-refractivity contribution is -0.114. The molecule has 0 aromatic rings. The van der Waals surface area contributed by atoms with Gasteiger partial charge in [0.1, 0.15) is 0 Å². The van der Waals surface area contributed by atoms with Crippen molar-refractivity contribution in [2.24, 2.45) is 5.73 Å². The molecule has 0 bridgehead atoms. The van der Waals surface area contributed by atoms with Gasteiger partial charge in [0.15, 0.2) is 5.78 Å². The van der Waals surface area contributed by atoms with Crippen molar-refractivity contribution in [3.63, 3.8) is 0 Å². The summed E-state index contributed by atoms with van der Waals surface area (Å²) in [7, 11) is 0. The molecule has 2 nitrogen and oxygen atoms in total. The van der Waals surface area contributed by atoms with Crippen molar-refractivity contribution in [2.45, 2.75) is 19.8 Å². The first-order valence-corrected chi connectivity index (χ1v) is 2.70. The first kappa shape index (κ1) is 5.35. The summed E-state index contributed by atoms with van der Waals surface area (Å²) in [4.78, 5) is 10.6. The molecule has 8 heavy (non-hydrogen) atoms. The molecular formula is C6H9NO. The van der Waals surface area contributed by atoms with E-state index in [1.54, 1.807) is 0 Å². The van der Waals surface area contributed by atoms with Gasteiger partial charge < -0.3 is 5.73 Å². The smallest absolute Gasteiger partial charge is 0.178 e. The highest BCUT2D eigenvalue weighted by Gasteiger charge is 2.15. The predicted molar refractivity (Wildman–Crippen MR) is 31.1 cm³/mol. The second kappa shape index (κ2) is 1.62. The normalized spacial score (nSPS) is 20.4. The van der Waals surface area contributed by atoms with Crippen LogP contribution in [-0.2, 0) is 4.79 Å². The van der Waals surface area contributed by atoms with Crippen molar-refractivity contribution in [3.05, 3.63) is 11.3 Å². The van der Waals surface area contributed by atoms with Gasteiger partial charge in [-0.25, -0.2) is 0 Å². The van der Waals surface area contributed by atoms with Crippen LogP contribution in [0.2, 0.25) is 0 Å². The Labute approximate surface area is 48.4 Å². The van der Waals surface area contributed by atoms with Gasteiger partial charge in [-0.1, -0.05) is 0 Å². The average molecular weight is 111 g/mol. The molecule has 2 heteroatoms. The molecule has 0 fully saturated rings. The van der Waals surface area contributed by atoms with E-state index < -0.39 is 0 Å². The van der Waals surface area contributed by atoms with Crippen LogP contribution in [0.25, 0.3) is 0 Å². The topological polar surface area (TPSA) is 43.1 Å². The molecule has 0 radical (unpaired) electrons. The number of hydrogen-bond acceptors (Lipinski definition) is 2. The second-order valence-corrected chi connectivity index (χ2v) is 2.12. The van der Waals surface area contributed by atoms with Crippen molar-refractivity contribution < 1.29 is 4.79 Å². The molecule has 0 aliphatic heterocycles. The van der Waals surface area contributed by atoms with Gasteiger partial charge in [0.05, 0.1) is 5.70 Å². The highest BCUT2D eigenvalue weighted by Crippen LogP contribution is 2.17. The van der Waals surface area contributed by atoms with Crippen LogP contribution in [-0.4, -0.2) is 5.78 Å². The number of carbonyl (C=O) groups is 1. The van der Waals surface area contributed by atoms with E-state index in [9.17, 15) is 4.79 Å². The summed E-state index contributed by atoms with van der Waals surface area (Å²) in [5.41, 5.74) is 6.89. The number of rotatable bonds is 0. The van der Waals surface area contributed by atoms with Gasteiger partial charge in [0, 0.05) is 6.42 Å². The van der Waals surface area contributed by atoms with E-state index in [2.05, 4.69) is 0 Å². The number of nitrogens with two attached hydrogens (primary N) is 1. The van der Waals surface area contributed by atoms with E-state index in [0.29, 0.717) is 12.1 Å². The minimum absolute atomic E-state index is 0.113. The van der Waals surface area contributed by atoms with Gasteiger partial charge in [-0.05, 0) is 18.9 Å². The van der Waals surface area contributed by atoms with Crippen LogP contribution < -0.4 is 5.73 Å². The second-order valence-electron chi connectivity index (χ2n) is 2.12. The molecule has 44 valence electrons. The molecule has 1 aliphatic carbocycles. The highest BCUT2D eigenvalue weighted by molar-refractivity contribution is 5.97. The largest absolute Gasteiger partial charge is 0.396 e. The Bertz CT molecular complexity index is 158. The number of Topliss-reactive ketones (excluding diaryl/α,β-unsaturated/α-hetero) is 1. The zero-order valence-electron chi connectivity index (χ0n) is 4.90. The number of hydrogen-bond donors (Lipinski definition) is 1. The Morgan fingerprint density at radius 1 is 1.50 bits per heavy atom. The number of carbonyl (C=O) groups excluding carboxylic acids is 1. The van der Waals surface area contributed by atoms with Crippen LogP contribution in [0.4, 0.5) is 0 Å². The third-order valence-electron chi connectivity index (χ3n) is 1.49. The number of allylic oxidation sites excluding steroid dienone is 2. The van der Waals surface area contributed by atoms with E-state index in [0.717, 1.165) is 12.0 Å². The quantitative estimate of drug-likeness (QED) is 0.497. The molecule has 1 aliphatic rings. The standard InChI is InChI=1S/C6H9NO/c1-4-2-3-5(8)6(4)7/h2-3,7H2,1H3. The molecule has 0 saturated heterocycles. The Balaban J connectivity index is 2.86. The van der Waals surface area contributed by atoms with E-state index in [1.807, 2.05) is 6.92 Å². The molecule has 0 heterocycles. The minimum Gasteiger partial charge on any atom is -0.396 e. The third kappa shape index (κ3) is 0.619. The van der Waals surface area contributed by atoms with Gasteiger partial charge in [-0.15, -0.1) is 0 Å². The SMILES string of the molecule is CC1=C(N)C(=O)CC1. The zero-order valence-corrected chi connectivity index (χ0v) is 4.90. The fourth-order valence-corrected chi connectivity index (χ4v) is 0.808. The average Bonchev–Trinajstić information content (AvgIpc) is 1.98. The van der Waals surface area contributed by atoms with Gasteiger partial charge in [0.25, 0.3) is 0 Å². The van der Waals surface area contributed by atoms with Gasteiger partial charge >= 0.3 is 0 Å². The Morgan fingerprint density at radius 2 is 2.12 bits per heavy atom. The Kier molecular flexibility index (Phi) is 1.08. The summed E-state index contributed by atoms with van der Waals surface area (Å²) in [5.74, 6) is 0.113. The lowest BCUT2D eigenvalue weighted by Gasteiger charge is -1.87. The Hall–Kier alpha value is -0.790. The molecule has 0 atom stereocenters. The fourth-order valence-electron chi connectivity index (χ4n) is 0.808. The van der Waals surface area contributed by atoms with Crippen molar-refractivity contribution in [1.82, 2.24) is 0 Å². The summed E-state index contributed by atoms with van der Waals surface area (Å²) in [5, 5.41) is 0. The van der Waals surface area contributed by atoms with Crippen LogP contribution in [0.15, 0.2) is 11.3 Å². The zero-order chi connectivity index (χ0) is 6.15. The molecule has 0 aromatic carbocycles.